The van der Waals surface area contributed by atoms with E-state index in [4.69, 9.17) is 5.73 Å². The minimum atomic E-state index is 0.227. The normalized spacial score (nSPS) is 19.6. The van der Waals surface area contributed by atoms with Crippen molar-refractivity contribution in [3.63, 3.8) is 0 Å². The Hall–Kier alpha value is -1.10. The first kappa shape index (κ1) is 11.4. The van der Waals surface area contributed by atoms with Gasteiger partial charge in [0.15, 0.2) is 0 Å². The van der Waals surface area contributed by atoms with E-state index in [9.17, 15) is 5.11 Å². The molecule has 0 aliphatic carbocycles. The van der Waals surface area contributed by atoms with Crippen molar-refractivity contribution in [2.75, 3.05) is 45.1 Å². The molecule has 0 unspecified atom stereocenters. The van der Waals surface area contributed by atoms with Crippen molar-refractivity contribution in [3.8, 4) is 0 Å². The minimum Gasteiger partial charge on any atom is -0.399 e. The predicted octanol–water partition coefficient (Wildman–Crippen LogP) is 0.172. The first-order valence-corrected chi connectivity index (χ1v) is 5.81. The number of quaternary nitrogens is 1. The highest BCUT2D eigenvalue weighted by atomic mass is 16.3. The van der Waals surface area contributed by atoms with Gasteiger partial charge in [0, 0.05) is 30.9 Å². The monoisotopic (exact) mass is 222 g/mol. The molecule has 2 rings (SSSR count). The van der Waals surface area contributed by atoms with Gasteiger partial charge in [-0.2, -0.15) is 0 Å². The maximum Gasteiger partial charge on any atom is 0.133 e. The van der Waals surface area contributed by atoms with E-state index in [1.807, 2.05) is 12.1 Å². The van der Waals surface area contributed by atoms with Crippen LogP contribution in [0.3, 0.4) is 0 Å². The molecule has 1 aliphatic heterocycles. The lowest BCUT2D eigenvalue weighted by atomic mass is 10.1. The first-order valence-electron chi connectivity index (χ1n) is 5.81. The van der Waals surface area contributed by atoms with Crippen LogP contribution < -0.4 is 15.5 Å². The van der Waals surface area contributed by atoms with Crippen molar-refractivity contribution in [1.82, 2.24) is 9.80 Å². The van der Waals surface area contributed by atoms with Gasteiger partial charge in [-0.1, -0.05) is 0 Å². The van der Waals surface area contributed by atoms with Gasteiger partial charge in [0.25, 0.3) is 0 Å². The summed E-state index contributed by atoms with van der Waals surface area (Å²) in [4.78, 5) is 0. The molecule has 0 aromatic heterocycles. The fourth-order valence-electron chi connectivity index (χ4n) is 2.42. The summed E-state index contributed by atoms with van der Waals surface area (Å²) >= 11 is 0. The van der Waals surface area contributed by atoms with Crippen LogP contribution in [0.2, 0.25) is 0 Å². The van der Waals surface area contributed by atoms with Crippen LogP contribution in [0.1, 0.15) is 0 Å². The van der Waals surface area contributed by atoms with Crippen molar-refractivity contribution in [1.29, 1.82) is 0 Å². The lowest BCUT2D eigenvalue weighted by Gasteiger charge is -2.40. The Morgan fingerprint density at radius 2 is 1.81 bits per heavy atom. The second kappa shape index (κ2) is 4.82. The van der Waals surface area contributed by atoms with E-state index in [0.717, 1.165) is 42.9 Å². The first-order chi connectivity index (χ1) is 7.77. The zero-order valence-electron chi connectivity index (χ0n) is 9.52. The molecule has 1 aromatic rings. The van der Waals surface area contributed by atoms with Crippen molar-refractivity contribution < 1.29 is 5.11 Å². The van der Waals surface area contributed by atoms with Crippen LogP contribution >= 0.6 is 0 Å². The zero-order chi connectivity index (χ0) is 11.4. The number of rotatable bonds is 3. The van der Waals surface area contributed by atoms with Crippen LogP contribution in [0.4, 0.5) is 11.4 Å². The third-order valence-electron chi connectivity index (χ3n) is 3.40. The average Bonchev–Trinajstić information content (AvgIpc) is 2.31. The SMILES string of the molecule is Nc1ccc([N+]2(CCO)CCNCC2)cc1. The second-order valence-electron chi connectivity index (χ2n) is 4.38. The fraction of sp³-hybridized carbons (Fsp3) is 0.500. The van der Waals surface area contributed by atoms with Gasteiger partial charge >= 0.3 is 0 Å². The smallest absolute Gasteiger partial charge is 0.133 e. The maximum atomic E-state index is 9.24. The van der Waals surface area contributed by atoms with Gasteiger partial charge < -0.3 is 16.2 Å². The molecule has 0 saturated carbocycles. The number of nitrogens with one attached hydrogen (secondary N) is 1. The van der Waals surface area contributed by atoms with Crippen molar-refractivity contribution in [2.24, 2.45) is 0 Å². The number of aliphatic hydroxyl groups is 1. The van der Waals surface area contributed by atoms with Crippen molar-refractivity contribution in [3.05, 3.63) is 24.3 Å². The number of anilines is 1. The highest BCUT2D eigenvalue weighted by Gasteiger charge is 2.31. The highest BCUT2D eigenvalue weighted by molar-refractivity contribution is 5.51. The van der Waals surface area contributed by atoms with E-state index < -0.39 is 0 Å². The number of nitrogens with two attached hydrogens (primary N) is 1. The van der Waals surface area contributed by atoms with E-state index >= 15 is 0 Å². The molecule has 4 heteroatoms. The molecule has 16 heavy (non-hydrogen) atoms. The number of hydrogen-bond donors (Lipinski definition) is 3. The van der Waals surface area contributed by atoms with Crippen LogP contribution in [0.25, 0.3) is 0 Å². The van der Waals surface area contributed by atoms with Crippen LogP contribution in [-0.2, 0) is 0 Å². The Bertz CT molecular complexity index is 325. The summed E-state index contributed by atoms with van der Waals surface area (Å²) in [6, 6.07) is 8.04. The lowest BCUT2D eigenvalue weighted by molar-refractivity contribution is 0.182. The predicted molar refractivity (Wildman–Crippen MR) is 67.2 cm³/mol. The fourth-order valence-corrected chi connectivity index (χ4v) is 2.42. The lowest BCUT2D eigenvalue weighted by Crippen LogP contribution is -2.61. The molecule has 1 saturated heterocycles. The molecule has 1 heterocycles. The highest BCUT2D eigenvalue weighted by Crippen LogP contribution is 2.24. The second-order valence-corrected chi connectivity index (χ2v) is 4.38. The standard InChI is InChI=1S/C12H20N3O/c13-11-1-3-12(4-2-11)15(9-10-16)7-5-14-6-8-15/h1-4,14,16H,5-10,13H2/q+1. The number of piperazine rings is 1. The Morgan fingerprint density at radius 3 is 2.38 bits per heavy atom. The summed E-state index contributed by atoms with van der Waals surface area (Å²) in [7, 11) is 0. The molecule has 4 N–H and O–H groups in total. The summed E-state index contributed by atoms with van der Waals surface area (Å²) in [6.07, 6.45) is 0. The van der Waals surface area contributed by atoms with Crippen molar-refractivity contribution >= 4 is 11.4 Å². The van der Waals surface area contributed by atoms with Gasteiger partial charge in [0.2, 0.25) is 0 Å². The number of benzene rings is 1. The molecule has 0 spiro atoms. The number of hydrogen-bond acceptors (Lipinski definition) is 3. The summed E-state index contributed by atoms with van der Waals surface area (Å²) in [6.45, 7) is 5.08. The maximum absolute atomic E-state index is 9.24. The minimum absolute atomic E-state index is 0.227. The molecule has 1 aromatic carbocycles. The largest absolute Gasteiger partial charge is 0.399 e. The summed E-state index contributed by atoms with van der Waals surface area (Å²) in [5.74, 6) is 0. The van der Waals surface area contributed by atoms with E-state index in [1.165, 1.54) is 5.69 Å². The molecule has 0 radical (unpaired) electrons. The Morgan fingerprint density at radius 1 is 1.19 bits per heavy atom. The Labute approximate surface area is 96.3 Å². The number of nitrogens with zero attached hydrogens (tertiary/aromatic N) is 1. The van der Waals surface area contributed by atoms with E-state index in [0.29, 0.717) is 0 Å². The topological polar surface area (TPSA) is 58.3 Å². The van der Waals surface area contributed by atoms with Gasteiger partial charge in [-0.15, -0.1) is 0 Å². The summed E-state index contributed by atoms with van der Waals surface area (Å²) < 4.78 is 0.865. The van der Waals surface area contributed by atoms with Crippen LogP contribution in [0.5, 0.6) is 0 Å². The van der Waals surface area contributed by atoms with Gasteiger partial charge in [-0.3, -0.25) is 4.48 Å². The molecule has 0 atom stereocenters. The van der Waals surface area contributed by atoms with Gasteiger partial charge in [-0.25, -0.2) is 0 Å². The summed E-state index contributed by atoms with van der Waals surface area (Å²) in [5.41, 5.74) is 7.75. The van der Waals surface area contributed by atoms with Crippen LogP contribution in [0.15, 0.2) is 24.3 Å². The third-order valence-corrected chi connectivity index (χ3v) is 3.40. The molecular weight excluding hydrogens is 202 g/mol. The zero-order valence-corrected chi connectivity index (χ0v) is 9.52. The number of aliphatic hydroxyl groups excluding tert-OH is 1. The molecule has 0 bridgehead atoms. The molecular formula is C12H20N3O+. The molecule has 0 amide bonds. The Balaban J connectivity index is 2.26. The molecule has 1 aliphatic rings. The van der Waals surface area contributed by atoms with Crippen molar-refractivity contribution in [2.45, 2.75) is 0 Å². The average molecular weight is 222 g/mol. The molecule has 88 valence electrons. The van der Waals surface area contributed by atoms with E-state index in [-0.39, 0.29) is 6.61 Å². The number of nitrogen functional groups attached to an aromatic ring is 1. The van der Waals surface area contributed by atoms with Gasteiger partial charge in [0.1, 0.15) is 12.2 Å². The van der Waals surface area contributed by atoms with Crippen LogP contribution in [-0.4, -0.2) is 44.4 Å². The Kier molecular flexibility index (Phi) is 3.43. The van der Waals surface area contributed by atoms with Crippen LogP contribution in [0, 0.1) is 0 Å². The summed E-state index contributed by atoms with van der Waals surface area (Å²) in [5, 5.41) is 12.6. The third kappa shape index (κ3) is 2.19. The van der Waals surface area contributed by atoms with E-state index in [1.54, 1.807) is 0 Å². The quantitative estimate of drug-likeness (QED) is 0.505. The van der Waals surface area contributed by atoms with E-state index in [2.05, 4.69) is 17.4 Å². The molecule has 4 nitrogen and oxygen atoms in total. The van der Waals surface area contributed by atoms with Gasteiger partial charge in [-0.05, 0) is 12.1 Å². The molecule has 1 fully saturated rings. The van der Waals surface area contributed by atoms with Gasteiger partial charge in [0.05, 0.1) is 19.7 Å².